The number of nitrogens with two attached hydrogens (primary N) is 2. The molecule has 0 aliphatic heterocycles. The van der Waals surface area contributed by atoms with E-state index in [4.69, 9.17) is 16.2 Å². The van der Waals surface area contributed by atoms with Gasteiger partial charge >= 0.3 is 0 Å². The highest BCUT2D eigenvalue weighted by molar-refractivity contribution is 6.76. The molecule has 4 aromatic carbocycles. The van der Waals surface area contributed by atoms with Crippen molar-refractivity contribution < 1.29 is 33.5 Å². The Morgan fingerprint density at radius 2 is 1.11 bits per heavy atom. The number of amides is 4. The van der Waals surface area contributed by atoms with Crippen LogP contribution in [0.25, 0.3) is 22.5 Å². The molecule has 4 amide bonds. The van der Waals surface area contributed by atoms with Crippen LogP contribution in [-0.2, 0) is 43.5 Å². The molecule has 0 saturated heterocycles. The number of hydrogen-bond donors (Lipinski definition) is 5. The highest BCUT2D eigenvalue weighted by Crippen LogP contribution is 2.23. The molecule has 2 atom stereocenters. The van der Waals surface area contributed by atoms with Gasteiger partial charge in [-0.1, -0.05) is 141 Å². The zero-order chi connectivity index (χ0) is 44.6. The van der Waals surface area contributed by atoms with Crippen LogP contribution in [0.15, 0.2) is 134 Å². The molecule has 16 heteroatoms. The molecule has 62 heavy (non-hydrogen) atoms. The maximum atomic E-state index is 13.3. The third-order valence-corrected chi connectivity index (χ3v) is 11.2. The number of nitrogens with one attached hydrogen (secondary N) is 3. The van der Waals surface area contributed by atoms with Gasteiger partial charge in [-0.25, -0.2) is 4.68 Å². The van der Waals surface area contributed by atoms with E-state index in [1.165, 1.54) is 6.20 Å². The smallest absolute Gasteiger partial charge is 0.287 e. The third kappa shape index (κ3) is 13.4. The summed E-state index contributed by atoms with van der Waals surface area (Å²) in [6, 6.07) is 35.6. The number of rotatable bonds is 19. The molecule has 0 aliphatic carbocycles. The fourth-order valence-corrected chi connectivity index (χ4v) is 6.97. The van der Waals surface area contributed by atoms with Crippen molar-refractivity contribution in [3.63, 3.8) is 0 Å². The van der Waals surface area contributed by atoms with Crippen molar-refractivity contribution >= 4 is 43.3 Å². The highest BCUT2D eigenvalue weighted by atomic mass is 28.3. The molecule has 15 nitrogen and oxygen atoms in total. The average molecular weight is 855 g/mol. The van der Waals surface area contributed by atoms with Gasteiger partial charge in [-0.15, -0.1) is 0 Å². The number of carbonyl (C=O) groups is 6. The Labute approximate surface area is 360 Å². The first-order valence-electron chi connectivity index (χ1n) is 19.9. The van der Waals surface area contributed by atoms with E-state index in [1.807, 2.05) is 109 Å². The van der Waals surface area contributed by atoms with Crippen LogP contribution in [0.1, 0.15) is 31.8 Å². The van der Waals surface area contributed by atoms with Gasteiger partial charge in [0.05, 0.1) is 23.0 Å². The summed E-state index contributed by atoms with van der Waals surface area (Å²) in [5.74, 6) is -4.93. The Morgan fingerprint density at radius 1 is 0.661 bits per heavy atom. The lowest BCUT2D eigenvalue weighted by atomic mass is 10.0. The van der Waals surface area contributed by atoms with E-state index in [-0.39, 0.29) is 30.7 Å². The Bertz CT molecular complexity index is 2450. The number of aromatic amines is 1. The van der Waals surface area contributed by atoms with Crippen molar-refractivity contribution in [3.8, 4) is 22.5 Å². The number of aromatic nitrogens is 4. The van der Waals surface area contributed by atoms with Crippen molar-refractivity contribution in [1.82, 2.24) is 30.6 Å². The number of ketones is 2. The zero-order valence-corrected chi connectivity index (χ0v) is 35.7. The van der Waals surface area contributed by atoms with Crippen LogP contribution in [0.3, 0.4) is 0 Å². The summed E-state index contributed by atoms with van der Waals surface area (Å²) in [6.45, 7) is 7.65. The molecule has 2 heterocycles. The fourth-order valence-electron chi connectivity index (χ4n) is 6.22. The lowest BCUT2D eigenvalue weighted by Crippen LogP contribution is -2.47. The van der Waals surface area contributed by atoms with E-state index < -0.39 is 55.4 Å². The van der Waals surface area contributed by atoms with Gasteiger partial charge in [-0.3, -0.25) is 33.9 Å². The lowest BCUT2D eigenvalue weighted by Gasteiger charge is -2.16. The van der Waals surface area contributed by atoms with Gasteiger partial charge in [-0.2, -0.15) is 10.2 Å². The van der Waals surface area contributed by atoms with Crippen LogP contribution in [0.4, 0.5) is 0 Å². The summed E-state index contributed by atoms with van der Waals surface area (Å²) in [5, 5.41) is 16.6. The Balaban J connectivity index is 0.000000242. The summed E-state index contributed by atoms with van der Waals surface area (Å²) in [7, 11) is -1.23. The molecule has 0 saturated carbocycles. The first kappa shape index (κ1) is 45.8. The van der Waals surface area contributed by atoms with E-state index in [0.717, 1.165) is 28.3 Å². The van der Waals surface area contributed by atoms with Gasteiger partial charge in [0.25, 0.3) is 23.6 Å². The van der Waals surface area contributed by atoms with Gasteiger partial charge in [0.1, 0.15) is 24.5 Å². The van der Waals surface area contributed by atoms with Crippen molar-refractivity contribution in [2.24, 2.45) is 11.5 Å². The van der Waals surface area contributed by atoms with Crippen LogP contribution < -0.4 is 22.1 Å². The normalized spacial score (nSPS) is 11.9. The van der Waals surface area contributed by atoms with E-state index in [0.29, 0.717) is 18.0 Å². The summed E-state index contributed by atoms with van der Waals surface area (Å²) in [5.41, 5.74) is 15.1. The summed E-state index contributed by atoms with van der Waals surface area (Å²) < 4.78 is 7.37. The second-order valence-corrected chi connectivity index (χ2v) is 21.2. The van der Waals surface area contributed by atoms with Crippen molar-refractivity contribution in [3.05, 3.63) is 156 Å². The molecule has 0 fully saturated rings. The average Bonchev–Trinajstić information content (AvgIpc) is 3.94. The molecule has 0 spiro atoms. The number of H-pyrrole nitrogens is 1. The number of Topliss-reactive ketones (excluding diaryl/α,β-unsaturated/α-hetero) is 2. The second kappa shape index (κ2) is 21.8. The number of hydrogen-bond acceptors (Lipinski definition) is 9. The predicted molar refractivity (Wildman–Crippen MR) is 237 cm³/mol. The fraction of sp³-hybridized carbons (Fsp3) is 0.217. The van der Waals surface area contributed by atoms with Gasteiger partial charge in [0.2, 0.25) is 11.6 Å². The number of primary amides is 2. The van der Waals surface area contributed by atoms with E-state index in [9.17, 15) is 28.8 Å². The minimum absolute atomic E-state index is 0.142. The molecular formula is C46H50N8O7Si. The maximum absolute atomic E-state index is 13.3. The van der Waals surface area contributed by atoms with Crippen LogP contribution in [0.2, 0.25) is 25.7 Å². The van der Waals surface area contributed by atoms with E-state index >= 15 is 0 Å². The van der Waals surface area contributed by atoms with E-state index in [2.05, 4.69) is 45.6 Å². The lowest BCUT2D eigenvalue weighted by molar-refractivity contribution is -0.137. The minimum Gasteiger partial charge on any atom is -0.363 e. The summed E-state index contributed by atoms with van der Waals surface area (Å²) >= 11 is 0. The SMILES string of the molecule is C[Si](C)(C)CCOCn1cc(C(=O)N[C@@H](Cc2ccccc2)C(=O)C(N)=O)c(-c2ccccc2)n1.NC(=O)C(=O)[C@H](Cc1ccccc1)NC(=O)c1cn[nH]c1-c1ccccc1. The van der Waals surface area contributed by atoms with Crippen LogP contribution in [-0.4, -0.2) is 81.9 Å². The largest absolute Gasteiger partial charge is 0.363 e. The Hall–Kier alpha value is -7.30. The molecule has 320 valence electrons. The van der Waals surface area contributed by atoms with Gasteiger partial charge in [0, 0.05) is 44.8 Å². The molecule has 0 bridgehead atoms. The maximum Gasteiger partial charge on any atom is 0.287 e. The van der Waals surface area contributed by atoms with Gasteiger partial charge in [-0.05, 0) is 17.2 Å². The summed E-state index contributed by atoms with van der Waals surface area (Å²) in [6.07, 6.45) is 3.28. The molecule has 0 aliphatic rings. The molecule has 7 N–H and O–H groups in total. The van der Waals surface area contributed by atoms with Gasteiger partial charge < -0.3 is 26.8 Å². The number of carbonyl (C=O) groups excluding carboxylic acids is 6. The topological polar surface area (TPSA) is 234 Å². The Morgan fingerprint density at radius 3 is 1.58 bits per heavy atom. The molecular weight excluding hydrogens is 805 g/mol. The zero-order valence-electron chi connectivity index (χ0n) is 34.7. The van der Waals surface area contributed by atoms with E-state index in [1.54, 1.807) is 23.0 Å². The molecule has 0 unspecified atom stereocenters. The number of ether oxygens (including phenoxy) is 1. The number of benzene rings is 4. The first-order chi connectivity index (χ1) is 29.7. The van der Waals surface area contributed by atoms with Crippen molar-refractivity contribution in [2.75, 3.05) is 6.61 Å². The standard InChI is InChI=1S/C26H32N4O4Si.C20H18N4O3/c1-35(2,3)15-14-34-18-30-17-21(23(29-30)20-12-8-5-9-13-20)26(33)28-22(24(31)25(27)32)16-19-10-6-4-7-11-19;21-19(26)18(25)16(11-13-7-3-1-4-8-13)23-20(27)15-12-22-24-17(15)14-9-5-2-6-10-14/h4-13,17,22H,14-16,18H2,1-3H3,(H2,27,32)(H,28,33);1-10,12,16H,11H2,(H2,21,26)(H,22,24)(H,23,27)/t22-;16-/m00/s1. The second-order valence-electron chi connectivity index (χ2n) is 15.6. The third-order valence-electron chi connectivity index (χ3n) is 9.51. The monoisotopic (exact) mass is 854 g/mol. The molecule has 2 aromatic heterocycles. The first-order valence-corrected chi connectivity index (χ1v) is 23.6. The molecule has 6 rings (SSSR count). The van der Waals surface area contributed by atoms with Crippen LogP contribution in [0.5, 0.6) is 0 Å². The van der Waals surface area contributed by atoms with Crippen LogP contribution in [0, 0.1) is 0 Å². The van der Waals surface area contributed by atoms with Crippen molar-refractivity contribution in [2.45, 2.75) is 57.3 Å². The summed E-state index contributed by atoms with van der Waals surface area (Å²) in [4.78, 5) is 73.8. The highest BCUT2D eigenvalue weighted by Gasteiger charge is 2.29. The number of nitrogens with zero attached hydrogens (tertiary/aromatic N) is 3. The molecule has 0 radical (unpaired) electrons. The van der Waals surface area contributed by atoms with Crippen molar-refractivity contribution in [1.29, 1.82) is 0 Å². The Kier molecular flexibility index (Phi) is 16.1. The minimum atomic E-state index is -1.23. The molecule has 6 aromatic rings. The van der Waals surface area contributed by atoms with Gasteiger partial charge in [0.15, 0.2) is 0 Å². The predicted octanol–water partition coefficient (Wildman–Crippen LogP) is 4.73. The quantitative estimate of drug-likeness (QED) is 0.0430. The van der Waals surface area contributed by atoms with Crippen LogP contribution >= 0.6 is 0 Å².